The van der Waals surface area contributed by atoms with E-state index in [-0.39, 0.29) is 18.6 Å². The molecule has 1 fully saturated rings. The van der Waals surface area contributed by atoms with Gasteiger partial charge < -0.3 is 9.84 Å². The van der Waals surface area contributed by atoms with Crippen LogP contribution in [0.15, 0.2) is 0 Å². The van der Waals surface area contributed by atoms with E-state index in [2.05, 4.69) is 0 Å². The minimum atomic E-state index is -1.03. The van der Waals surface area contributed by atoms with E-state index in [4.69, 9.17) is 9.84 Å². The Kier molecular flexibility index (Phi) is 2.65. The molecular formula is C7H11NO4. The zero-order chi connectivity index (χ0) is 9.14. The first-order valence-corrected chi connectivity index (χ1v) is 3.65. The van der Waals surface area contributed by atoms with Gasteiger partial charge >= 0.3 is 6.09 Å². The maximum Gasteiger partial charge on any atom is 0.409 e. The fourth-order valence-corrected chi connectivity index (χ4v) is 1.14. The molecule has 1 N–H and O–H groups in total. The highest BCUT2D eigenvalue weighted by atomic mass is 16.5. The highest BCUT2D eigenvalue weighted by molar-refractivity contribution is 5.87. The number of carboxylic acid groups (broad SMARTS) is 1. The number of Topliss-reactive ketones (excluding diaryl/α,β-unsaturated/α-hetero) is 1. The van der Waals surface area contributed by atoms with Crippen LogP contribution in [0.4, 0.5) is 4.79 Å². The molecule has 1 saturated carbocycles. The predicted octanol–water partition coefficient (Wildman–Crippen LogP) is 0.302. The fraction of sp³-hybridized carbons (Fsp3) is 0.714. The molecule has 68 valence electrons. The van der Waals surface area contributed by atoms with Gasteiger partial charge in [0.15, 0.2) is 0 Å². The van der Waals surface area contributed by atoms with Crippen molar-refractivity contribution in [1.82, 2.24) is 4.90 Å². The maximum atomic E-state index is 10.6. The Labute approximate surface area is 69.9 Å². The highest BCUT2D eigenvalue weighted by Crippen LogP contribution is 2.21. The second-order valence-corrected chi connectivity index (χ2v) is 2.77. The molecule has 0 bridgehead atoms. The molecule has 0 saturated heterocycles. The first kappa shape index (κ1) is 8.99. The van der Waals surface area contributed by atoms with Crippen LogP contribution in [0.1, 0.15) is 12.8 Å². The van der Waals surface area contributed by atoms with Crippen LogP contribution >= 0.6 is 0 Å². The summed E-state index contributed by atoms with van der Waals surface area (Å²) < 4.78 is 4.69. The zero-order valence-corrected chi connectivity index (χ0v) is 6.82. The van der Waals surface area contributed by atoms with Crippen LogP contribution in [0.3, 0.4) is 0 Å². The van der Waals surface area contributed by atoms with Crippen molar-refractivity contribution in [3.05, 3.63) is 0 Å². The summed E-state index contributed by atoms with van der Waals surface area (Å²) in [4.78, 5) is 22.3. The number of carbonyl (C=O) groups is 2. The summed E-state index contributed by atoms with van der Waals surface area (Å²) in [5, 5.41) is 8.66. The van der Waals surface area contributed by atoms with Crippen molar-refractivity contribution in [2.75, 3.05) is 13.8 Å². The summed E-state index contributed by atoms with van der Waals surface area (Å²) in [6.07, 6.45) is -0.375. The van der Waals surface area contributed by atoms with E-state index >= 15 is 0 Å². The second kappa shape index (κ2) is 3.53. The summed E-state index contributed by atoms with van der Waals surface area (Å²) in [5.41, 5.74) is 0. The smallest absolute Gasteiger partial charge is 0.409 e. The minimum absolute atomic E-state index is 0.0350. The number of ketones is 1. The van der Waals surface area contributed by atoms with Crippen molar-refractivity contribution < 1.29 is 19.4 Å². The van der Waals surface area contributed by atoms with Crippen LogP contribution in [0.2, 0.25) is 0 Å². The Morgan fingerprint density at radius 1 is 1.75 bits per heavy atom. The van der Waals surface area contributed by atoms with Crippen molar-refractivity contribution in [2.24, 2.45) is 0 Å². The molecule has 1 aliphatic rings. The number of hydrogen-bond acceptors (Lipinski definition) is 3. The normalized spacial score (nSPS) is 17.2. The largest absolute Gasteiger partial charge is 0.465 e. The number of carbonyl (C=O) groups excluding carboxylic acids is 1. The first-order valence-electron chi connectivity index (χ1n) is 3.65. The van der Waals surface area contributed by atoms with Gasteiger partial charge in [0.1, 0.15) is 12.5 Å². The van der Waals surface area contributed by atoms with Crippen LogP contribution < -0.4 is 0 Å². The Hall–Kier alpha value is -1.10. The number of rotatable bonds is 3. The lowest BCUT2D eigenvalue weighted by Crippen LogP contribution is -2.48. The number of ether oxygens (including phenoxy) is 1. The Morgan fingerprint density at radius 2 is 2.33 bits per heavy atom. The van der Waals surface area contributed by atoms with Gasteiger partial charge in [-0.25, -0.2) is 4.79 Å². The van der Waals surface area contributed by atoms with Gasteiger partial charge in [-0.1, -0.05) is 0 Å². The molecule has 12 heavy (non-hydrogen) atoms. The number of amides is 1. The van der Waals surface area contributed by atoms with Gasteiger partial charge in [-0.05, 0) is 0 Å². The number of hydrogen-bond donors (Lipinski definition) is 1. The van der Waals surface area contributed by atoms with Gasteiger partial charge in [0.2, 0.25) is 0 Å². The van der Waals surface area contributed by atoms with Crippen molar-refractivity contribution >= 4 is 11.9 Å². The van der Waals surface area contributed by atoms with Crippen LogP contribution in [-0.4, -0.2) is 41.8 Å². The van der Waals surface area contributed by atoms with Gasteiger partial charge in [-0.3, -0.25) is 9.69 Å². The third-order valence-electron chi connectivity index (χ3n) is 1.88. The van der Waals surface area contributed by atoms with Crippen molar-refractivity contribution in [1.29, 1.82) is 0 Å². The van der Waals surface area contributed by atoms with Crippen LogP contribution in [0, 0.1) is 0 Å². The molecule has 0 spiro atoms. The molecule has 1 aliphatic carbocycles. The average Bonchev–Trinajstić information content (AvgIpc) is 1.94. The van der Waals surface area contributed by atoms with Crippen molar-refractivity contribution in [3.8, 4) is 0 Å². The van der Waals surface area contributed by atoms with Crippen LogP contribution in [0.25, 0.3) is 0 Å². The Bertz CT molecular complexity index is 196. The van der Waals surface area contributed by atoms with E-state index in [0.717, 1.165) is 4.90 Å². The third-order valence-corrected chi connectivity index (χ3v) is 1.88. The molecule has 0 aromatic rings. The lowest BCUT2D eigenvalue weighted by atomic mass is 9.90. The third kappa shape index (κ3) is 1.73. The molecule has 0 atom stereocenters. The molecule has 0 heterocycles. The summed E-state index contributed by atoms with van der Waals surface area (Å²) in [6, 6.07) is -0.171. The van der Waals surface area contributed by atoms with Gasteiger partial charge in [0.25, 0.3) is 0 Å². The van der Waals surface area contributed by atoms with Gasteiger partial charge in [0.05, 0.1) is 6.04 Å². The number of methoxy groups -OCH3 is 1. The van der Waals surface area contributed by atoms with Crippen molar-refractivity contribution in [3.63, 3.8) is 0 Å². The standard InChI is InChI=1S/C7H11NO4/c1-12-4-8(7(10)11)5-2-6(9)3-5/h5H,2-4H2,1H3,(H,10,11). The fourth-order valence-electron chi connectivity index (χ4n) is 1.14. The van der Waals surface area contributed by atoms with E-state index in [9.17, 15) is 9.59 Å². The zero-order valence-electron chi connectivity index (χ0n) is 6.82. The number of nitrogens with zero attached hydrogens (tertiary/aromatic N) is 1. The van der Waals surface area contributed by atoms with E-state index < -0.39 is 6.09 Å². The summed E-state index contributed by atoms with van der Waals surface area (Å²) in [5.74, 6) is 0.113. The minimum Gasteiger partial charge on any atom is -0.465 e. The quantitative estimate of drug-likeness (QED) is 0.623. The SMILES string of the molecule is COCN(C(=O)O)C1CC(=O)C1. The average molecular weight is 173 g/mol. The monoisotopic (exact) mass is 173 g/mol. The maximum absolute atomic E-state index is 10.6. The molecule has 0 aromatic carbocycles. The lowest BCUT2D eigenvalue weighted by molar-refractivity contribution is -0.128. The van der Waals surface area contributed by atoms with Gasteiger partial charge in [-0.2, -0.15) is 0 Å². The Balaban J connectivity index is 2.43. The molecule has 5 nitrogen and oxygen atoms in total. The van der Waals surface area contributed by atoms with Crippen LogP contribution in [0.5, 0.6) is 0 Å². The molecule has 1 rings (SSSR count). The summed E-state index contributed by atoms with van der Waals surface area (Å²) >= 11 is 0. The highest BCUT2D eigenvalue weighted by Gasteiger charge is 2.34. The molecule has 1 amide bonds. The lowest BCUT2D eigenvalue weighted by Gasteiger charge is -2.33. The molecule has 0 unspecified atom stereocenters. The molecule has 5 heteroatoms. The first-order chi connectivity index (χ1) is 5.65. The second-order valence-electron chi connectivity index (χ2n) is 2.77. The van der Waals surface area contributed by atoms with Crippen molar-refractivity contribution in [2.45, 2.75) is 18.9 Å². The molecule has 0 aromatic heterocycles. The summed E-state index contributed by atoms with van der Waals surface area (Å²) in [7, 11) is 1.43. The van der Waals surface area contributed by atoms with Gasteiger partial charge in [0, 0.05) is 20.0 Å². The predicted molar refractivity (Wildman–Crippen MR) is 39.8 cm³/mol. The molecule has 0 aliphatic heterocycles. The summed E-state index contributed by atoms with van der Waals surface area (Å²) in [6.45, 7) is 0.0350. The van der Waals surface area contributed by atoms with Crippen LogP contribution in [-0.2, 0) is 9.53 Å². The molecule has 0 radical (unpaired) electrons. The topological polar surface area (TPSA) is 66.8 Å². The van der Waals surface area contributed by atoms with E-state index in [1.165, 1.54) is 7.11 Å². The molecular weight excluding hydrogens is 162 g/mol. The Morgan fingerprint density at radius 3 is 2.67 bits per heavy atom. The van der Waals surface area contributed by atoms with E-state index in [0.29, 0.717) is 12.8 Å². The van der Waals surface area contributed by atoms with E-state index in [1.54, 1.807) is 0 Å². The van der Waals surface area contributed by atoms with Gasteiger partial charge in [-0.15, -0.1) is 0 Å². The van der Waals surface area contributed by atoms with E-state index in [1.807, 2.05) is 0 Å².